The number of benzene rings is 2. The Balaban J connectivity index is 1.35. The largest absolute Gasteiger partial charge is 0.395 e. The number of amides is 2. The average molecular weight is 479 g/mol. The third kappa shape index (κ3) is 4.76. The van der Waals surface area contributed by atoms with Crippen molar-refractivity contribution in [1.29, 1.82) is 0 Å². The van der Waals surface area contributed by atoms with Crippen molar-refractivity contribution in [2.24, 2.45) is 0 Å². The lowest BCUT2D eigenvalue weighted by Gasteiger charge is -2.57. The number of carbonyl (C=O) groups is 1. The van der Waals surface area contributed by atoms with E-state index in [1.54, 1.807) is 17.3 Å². The Kier molecular flexibility index (Phi) is 6.74. The van der Waals surface area contributed by atoms with E-state index in [9.17, 15) is 18.7 Å². The Labute approximate surface area is 203 Å². The van der Waals surface area contributed by atoms with Crippen LogP contribution in [0.5, 0.6) is 0 Å². The molecule has 3 heterocycles. The quantitative estimate of drug-likeness (QED) is 0.580. The van der Waals surface area contributed by atoms with E-state index in [1.807, 2.05) is 12.1 Å². The van der Waals surface area contributed by atoms with E-state index in [0.29, 0.717) is 13.1 Å². The van der Waals surface area contributed by atoms with Crippen molar-refractivity contribution in [2.75, 3.05) is 31.6 Å². The number of urea groups is 1. The highest BCUT2D eigenvalue weighted by atomic mass is 19.1. The van der Waals surface area contributed by atoms with Crippen LogP contribution in [0.1, 0.15) is 24.3 Å². The second-order valence-electron chi connectivity index (χ2n) is 9.15. The van der Waals surface area contributed by atoms with Gasteiger partial charge in [-0.1, -0.05) is 24.3 Å². The number of aromatic nitrogens is 1. The van der Waals surface area contributed by atoms with E-state index in [0.717, 1.165) is 54.3 Å². The molecule has 2 aliphatic heterocycles. The summed E-state index contributed by atoms with van der Waals surface area (Å²) in [5.74, 6) is -1.23. The van der Waals surface area contributed by atoms with Crippen molar-refractivity contribution in [3.8, 4) is 11.1 Å². The predicted molar refractivity (Wildman–Crippen MR) is 130 cm³/mol. The number of nitrogens with one attached hydrogen (secondary N) is 1. The highest BCUT2D eigenvalue weighted by Gasteiger charge is 2.49. The molecule has 1 aromatic heterocycles. The van der Waals surface area contributed by atoms with Crippen LogP contribution in [0.25, 0.3) is 11.1 Å². The van der Waals surface area contributed by atoms with Gasteiger partial charge in [-0.25, -0.2) is 13.6 Å². The molecule has 2 amide bonds. The first kappa shape index (κ1) is 23.4. The first-order valence-corrected chi connectivity index (χ1v) is 11.9. The molecular formula is C27H28F2N4O2. The molecule has 2 aliphatic rings. The zero-order valence-electron chi connectivity index (χ0n) is 19.3. The Bertz CT molecular complexity index is 1180. The van der Waals surface area contributed by atoms with Crippen LogP contribution in [0.15, 0.2) is 67.0 Å². The minimum atomic E-state index is -0.676. The minimum Gasteiger partial charge on any atom is -0.395 e. The summed E-state index contributed by atoms with van der Waals surface area (Å²) in [5, 5.41) is 12.7. The van der Waals surface area contributed by atoms with Gasteiger partial charge in [-0.15, -0.1) is 0 Å². The van der Waals surface area contributed by atoms with E-state index < -0.39 is 17.7 Å². The fraction of sp³-hybridized carbons (Fsp3) is 0.333. The highest BCUT2D eigenvalue weighted by molar-refractivity contribution is 5.89. The van der Waals surface area contributed by atoms with Gasteiger partial charge in [0.1, 0.15) is 11.6 Å². The van der Waals surface area contributed by atoms with E-state index >= 15 is 0 Å². The number of hydrogen-bond donors (Lipinski definition) is 2. The van der Waals surface area contributed by atoms with Gasteiger partial charge in [0.25, 0.3) is 0 Å². The van der Waals surface area contributed by atoms with Crippen LogP contribution in [0.4, 0.5) is 19.3 Å². The summed E-state index contributed by atoms with van der Waals surface area (Å²) in [6, 6.07) is 14.8. The van der Waals surface area contributed by atoms with Crippen LogP contribution in [0.3, 0.4) is 0 Å². The fourth-order valence-corrected chi connectivity index (χ4v) is 5.35. The van der Waals surface area contributed by atoms with E-state index in [2.05, 4.69) is 39.5 Å². The zero-order chi connectivity index (χ0) is 24.4. The number of hydrogen-bond acceptors (Lipinski definition) is 4. The number of carbonyl (C=O) groups excluding carboxylic acids is 1. The standard InChI is InChI=1S/C27H28F2N4O2/c28-21-7-8-22(29)23(15-21)31-27(35)32-13-1-2-14-33-24(16-32)26(25(33)17-34)20-5-3-18(4-6-20)19-9-11-30-12-10-19/h3-12,15,24-26,34H,1-2,13-14,16-17H2,(H,31,35)/t24-,25+,26-/m0/s1. The maximum Gasteiger partial charge on any atom is 0.321 e. The van der Waals surface area contributed by atoms with Crippen LogP contribution in [-0.4, -0.2) is 64.2 Å². The lowest BCUT2D eigenvalue weighted by Crippen LogP contribution is -2.68. The van der Waals surface area contributed by atoms with Gasteiger partial charge in [0.15, 0.2) is 0 Å². The summed E-state index contributed by atoms with van der Waals surface area (Å²) in [4.78, 5) is 21.0. The molecule has 5 rings (SSSR count). The molecule has 0 saturated carbocycles. The van der Waals surface area contributed by atoms with Crippen LogP contribution < -0.4 is 5.32 Å². The maximum atomic E-state index is 14.1. The van der Waals surface area contributed by atoms with Gasteiger partial charge in [-0.05, 0) is 60.3 Å². The van der Waals surface area contributed by atoms with Crippen LogP contribution in [0.2, 0.25) is 0 Å². The lowest BCUT2D eigenvalue weighted by atomic mass is 9.74. The van der Waals surface area contributed by atoms with Crippen molar-refractivity contribution in [1.82, 2.24) is 14.8 Å². The second-order valence-corrected chi connectivity index (χ2v) is 9.15. The Morgan fingerprint density at radius 3 is 2.46 bits per heavy atom. The smallest absolute Gasteiger partial charge is 0.321 e. The van der Waals surface area contributed by atoms with Crippen LogP contribution in [0, 0.1) is 11.6 Å². The van der Waals surface area contributed by atoms with Gasteiger partial charge in [0.2, 0.25) is 0 Å². The van der Waals surface area contributed by atoms with Gasteiger partial charge in [-0.2, -0.15) is 0 Å². The number of nitrogens with zero attached hydrogens (tertiary/aromatic N) is 3. The van der Waals surface area contributed by atoms with Crippen molar-refractivity contribution in [2.45, 2.75) is 30.8 Å². The first-order valence-electron chi connectivity index (χ1n) is 11.9. The molecule has 2 saturated heterocycles. The molecule has 0 radical (unpaired) electrons. The molecule has 182 valence electrons. The lowest BCUT2D eigenvalue weighted by molar-refractivity contribution is -0.0585. The van der Waals surface area contributed by atoms with E-state index in [-0.39, 0.29) is 30.3 Å². The molecular weight excluding hydrogens is 450 g/mol. The molecule has 6 nitrogen and oxygen atoms in total. The summed E-state index contributed by atoms with van der Waals surface area (Å²) < 4.78 is 27.7. The van der Waals surface area contributed by atoms with E-state index in [4.69, 9.17) is 0 Å². The SMILES string of the molecule is O=C(Nc1cc(F)ccc1F)N1CCCCN2[C@H](CO)[C@@H](c3ccc(-c4ccncc4)cc3)[C@@H]2C1. The number of aliphatic hydroxyl groups is 1. The van der Waals surface area contributed by atoms with Gasteiger partial charge in [0.05, 0.1) is 12.3 Å². The zero-order valence-corrected chi connectivity index (χ0v) is 19.3. The molecule has 0 unspecified atom stereocenters. The van der Waals surface area contributed by atoms with Crippen molar-refractivity contribution >= 4 is 11.7 Å². The summed E-state index contributed by atoms with van der Waals surface area (Å²) in [6.07, 6.45) is 5.21. The molecule has 2 N–H and O–H groups in total. The maximum absolute atomic E-state index is 14.1. The van der Waals surface area contributed by atoms with E-state index in [1.165, 1.54) is 0 Å². The van der Waals surface area contributed by atoms with Crippen molar-refractivity contribution in [3.05, 3.63) is 84.2 Å². The molecule has 0 spiro atoms. The Hall–Kier alpha value is -3.36. The summed E-state index contributed by atoms with van der Waals surface area (Å²) in [7, 11) is 0. The molecule has 2 fully saturated rings. The summed E-state index contributed by atoms with van der Waals surface area (Å²) >= 11 is 0. The Morgan fingerprint density at radius 1 is 1.00 bits per heavy atom. The van der Waals surface area contributed by atoms with Gasteiger partial charge < -0.3 is 15.3 Å². The summed E-state index contributed by atoms with van der Waals surface area (Å²) in [5.41, 5.74) is 3.11. The monoisotopic (exact) mass is 478 g/mol. The average Bonchev–Trinajstić information content (AvgIpc) is 2.86. The van der Waals surface area contributed by atoms with Crippen molar-refractivity contribution < 1.29 is 18.7 Å². The predicted octanol–water partition coefficient (Wildman–Crippen LogP) is 4.48. The number of fused-ring (bicyclic) bond motifs is 1. The molecule has 3 atom stereocenters. The van der Waals surface area contributed by atoms with Crippen molar-refractivity contribution in [3.63, 3.8) is 0 Å². The minimum absolute atomic E-state index is 0.0181. The molecule has 2 aromatic carbocycles. The molecule has 35 heavy (non-hydrogen) atoms. The number of rotatable bonds is 4. The van der Waals surface area contributed by atoms with Gasteiger partial charge in [-0.3, -0.25) is 9.88 Å². The summed E-state index contributed by atoms with van der Waals surface area (Å²) in [6.45, 7) is 1.87. The number of anilines is 1. The van der Waals surface area contributed by atoms with Crippen LogP contribution >= 0.6 is 0 Å². The molecule has 0 bridgehead atoms. The second kappa shape index (κ2) is 10.1. The normalized spacial score (nSPS) is 22.5. The van der Waals surface area contributed by atoms with Gasteiger partial charge >= 0.3 is 6.03 Å². The molecule has 3 aromatic rings. The Morgan fingerprint density at radius 2 is 1.71 bits per heavy atom. The highest BCUT2D eigenvalue weighted by Crippen LogP contribution is 2.42. The third-order valence-corrected chi connectivity index (χ3v) is 7.14. The number of halogens is 2. The van der Waals surface area contributed by atoms with Gasteiger partial charge in [0, 0.05) is 49.6 Å². The molecule has 8 heteroatoms. The molecule has 0 aliphatic carbocycles. The fourth-order valence-electron chi connectivity index (χ4n) is 5.35. The third-order valence-electron chi connectivity index (χ3n) is 7.14. The first-order chi connectivity index (χ1) is 17.0. The number of aliphatic hydroxyl groups excluding tert-OH is 1. The van der Waals surface area contributed by atoms with Crippen LogP contribution in [-0.2, 0) is 0 Å². The number of pyridine rings is 1. The topological polar surface area (TPSA) is 68.7 Å².